The van der Waals surface area contributed by atoms with Crippen molar-refractivity contribution < 1.29 is 4.79 Å². The number of fused-ring (bicyclic) bond motifs is 2. The van der Waals surface area contributed by atoms with E-state index in [1.165, 1.54) is 15.0 Å². The number of nitrogens with zero attached hydrogens (tertiary/aromatic N) is 4. The van der Waals surface area contributed by atoms with Gasteiger partial charge in [0.15, 0.2) is 0 Å². The van der Waals surface area contributed by atoms with Gasteiger partial charge in [-0.2, -0.15) is 0 Å². The van der Waals surface area contributed by atoms with Crippen molar-refractivity contribution in [3.8, 4) is 0 Å². The summed E-state index contributed by atoms with van der Waals surface area (Å²) in [6.07, 6.45) is 4.99. The fraction of sp³-hybridized carbons (Fsp3) is 0.105. The monoisotopic (exact) mass is 360 g/mol. The predicted molar refractivity (Wildman–Crippen MR) is 99.4 cm³/mol. The number of carbonyl (C=O) groups excluding carboxylic acids is 1. The number of hydrogen-bond donors (Lipinski definition) is 2. The molecule has 8 heteroatoms. The average molecular weight is 360 g/mol. The quantitative estimate of drug-likeness (QED) is 0.529. The lowest BCUT2D eigenvalue weighted by molar-refractivity contribution is 0.0998. The molecule has 0 aliphatic rings. The Morgan fingerprint density at radius 3 is 2.81 bits per heavy atom. The van der Waals surface area contributed by atoms with Crippen LogP contribution in [0.15, 0.2) is 53.7 Å². The Morgan fingerprint density at radius 1 is 1.30 bits per heavy atom. The van der Waals surface area contributed by atoms with E-state index in [2.05, 4.69) is 9.97 Å². The number of hydrogen-bond acceptors (Lipinski definition) is 5. The summed E-state index contributed by atoms with van der Waals surface area (Å²) in [6, 6.07) is 8.58. The molecule has 4 rings (SSSR count). The van der Waals surface area contributed by atoms with Gasteiger partial charge in [-0.25, -0.2) is 4.98 Å². The molecule has 27 heavy (non-hydrogen) atoms. The maximum absolute atomic E-state index is 13.0. The van der Waals surface area contributed by atoms with E-state index in [1.54, 1.807) is 30.7 Å². The summed E-state index contributed by atoms with van der Waals surface area (Å²) in [5.74, 6) is -0.768. The lowest BCUT2D eigenvalue weighted by atomic mass is 10.2. The normalized spacial score (nSPS) is 11.1. The van der Waals surface area contributed by atoms with Crippen LogP contribution in [0.2, 0.25) is 0 Å². The third kappa shape index (κ3) is 2.77. The van der Waals surface area contributed by atoms with Crippen LogP contribution in [0.3, 0.4) is 0 Å². The van der Waals surface area contributed by atoms with Crippen LogP contribution in [0.4, 0.5) is 0 Å². The second kappa shape index (κ2) is 6.17. The van der Waals surface area contributed by atoms with Gasteiger partial charge in [-0.05, 0) is 36.2 Å². The molecule has 0 unspecified atom stereocenters. The largest absolute Gasteiger partial charge is 0.365 e. The second-order valence-corrected chi connectivity index (χ2v) is 6.31. The smallest absolute Gasteiger partial charge is 0.267 e. The summed E-state index contributed by atoms with van der Waals surface area (Å²) in [5, 5.41) is 8.64. The zero-order chi connectivity index (χ0) is 19.1. The molecule has 0 aromatic carbocycles. The molecule has 0 bridgehead atoms. The highest BCUT2D eigenvalue weighted by Gasteiger charge is 2.16. The van der Waals surface area contributed by atoms with Gasteiger partial charge in [-0.3, -0.25) is 24.4 Å². The molecule has 0 aliphatic heterocycles. The number of aromatic nitrogens is 4. The SMILES string of the molecule is Cc1ccc2nc3c(cc(C(N)=O)c(=N)n3Cc3cccnc3)c(=O)n2c1. The molecule has 1 amide bonds. The van der Waals surface area contributed by atoms with Crippen molar-refractivity contribution in [1.29, 1.82) is 5.41 Å². The Hall–Kier alpha value is -3.81. The van der Waals surface area contributed by atoms with Gasteiger partial charge in [-0.1, -0.05) is 12.1 Å². The maximum atomic E-state index is 13.0. The molecule has 0 saturated carbocycles. The second-order valence-electron chi connectivity index (χ2n) is 6.31. The minimum atomic E-state index is -0.768. The van der Waals surface area contributed by atoms with Gasteiger partial charge in [0, 0.05) is 18.6 Å². The molecule has 3 N–H and O–H groups in total. The van der Waals surface area contributed by atoms with E-state index in [0.717, 1.165) is 11.1 Å². The first-order valence-electron chi connectivity index (χ1n) is 8.25. The van der Waals surface area contributed by atoms with Crippen LogP contribution in [0.1, 0.15) is 21.5 Å². The van der Waals surface area contributed by atoms with E-state index >= 15 is 0 Å². The summed E-state index contributed by atoms with van der Waals surface area (Å²) in [4.78, 5) is 33.5. The number of rotatable bonds is 3. The lowest BCUT2D eigenvalue weighted by Crippen LogP contribution is -2.32. The number of pyridine rings is 3. The Balaban J connectivity index is 2.13. The number of amides is 1. The van der Waals surface area contributed by atoms with Gasteiger partial charge in [-0.15, -0.1) is 0 Å². The third-order valence-corrected chi connectivity index (χ3v) is 4.38. The van der Waals surface area contributed by atoms with Crippen molar-refractivity contribution in [2.75, 3.05) is 0 Å². The molecule has 134 valence electrons. The van der Waals surface area contributed by atoms with Crippen LogP contribution in [-0.4, -0.2) is 24.8 Å². The van der Waals surface area contributed by atoms with Gasteiger partial charge >= 0.3 is 0 Å². The number of primary amides is 1. The van der Waals surface area contributed by atoms with Crippen molar-refractivity contribution in [2.45, 2.75) is 13.5 Å². The molecule has 4 heterocycles. The summed E-state index contributed by atoms with van der Waals surface area (Å²) >= 11 is 0. The van der Waals surface area contributed by atoms with E-state index in [1.807, 2.05) is 19.1 Å². The van der Waals surface area contributed by atoms with E-state index in [4.69, 9.17) is 11.1 Å². The molecule has 0 aliphatic carbocycles. The van der Waals surface area contributed by atoms with Crippen molar-refractivity contribution in [3.63, 3.8) is 0 Å². The Kier molecular flexibility index (Phi) is 3.80. The minimum absolute atomic E-state index is 0.0297. The molecule has 0 atom stereocenters. The highest BCUT2D eigenvalue weighted by molar-refractivity contribution is 5.95. The van der Waals surface area contributed by atoms with E-state index in [0.29, 0.717) is 11.3 Å². The summed E-state index contributed by atoms with van der Waals surface area (Å²) in [7, 11) is 0. The van der Waals surface area contributed by atoms with Crippen molar-refractivity contribution in [1.82, 2.24) is 18.9 Å². The molecule has 0 radical (unpaired) electrons. The van der Waals surface area contributed by atoms with Crippen LogP contribution in [-0.2, 0) is 6.54 Å². The van der Waals surface area contributed by atoms with Crippen LogP contribution < -0.4 is 16.8 Å². The fourth-order valence-electron chi connectivity index (χ4n) is 3.06. The first-order chi connectivity index (χ1) is 13.0. The van der Waals surface area contributed by atoms with Gasteiger partial charge in [0.2, 0.25) is 0 Å². The molecule has 0 spiro atoms. The molecule has 0 fully saturated rings. The molecule has 0 saturated heterocycles. The summed E-state index contributed by atoms with van der Waals surface area (Å²) in [5.41, 5.74) is 7.50. The van der Waals surface area contributed by atoms with Gasteiger partial charge < -0.3 is 10.3 Å². The molecule has 4 aromatic heterocycles. The fourth-order valence-corrected chi connectivity index (χ4v) is 3.06. The zero-order valence-corrected chi connectivity index (χ0v) is 14.5. The standard InChI is InChI=1S/C19H16N6O2/c1-11-4-5-15-23-18-14(19(27)24(15)9-11)7-13(17(21)26)16(20)25(18)10-12-3-2-6-22-8-12/h2-9,20H,10H2,1H3,(H2,21,26). The molecule has 4 aromatic rings. The molecular formula is C19H16N6O2. The molecular weight excluding hydrogens is 344 g/mol. The highest BCUT2D eigenvalue weighted by Crippen LogP contribution is 2.12. The van der Waals surface area contributed by atoms with Gasteiger partial charge in [0.1, 0.15) is 16.8 Å². The number of carbonyl (C=O) groups is 1. The molecule has 8 nitrogen and oxygen atoms in total. The van der Waals surface area contributed by atoms with E-state index < -0.39 is 5.91 Å². The average Bonchev–Trinajstić information content (AvgIpc) is 2.65. The summed E-state index contributed by atoms with van der Waals surface area (Å²) < 4.78 is 2.94. The highest BCUT2D eigenvalue weighted by atomic mass is 16.1. The van der Waals surface area contributed by atoms with Crippen molar-refractivity contribution in [2.24, 2.45) is 5.73 Å². The van der Waals surface area contributed by atoms with Crippen LogP contribution >= 0.6 is 0 Å². The first kappa shape index (κ1) is 16.6. The van der Waals surface area contributed by atoms with Gasteiger partial charge in [0.25, 0.3) is 11.5 Å². The topological polar surface area (TPSA) is 119 Å². The first-order valence-corrected chi connectivity index (χ1v) is 8.25. The Labute approximate surface area is 153 Å². The van der Waals surface area contributed by atoms with Crippen molar-refractivity contribution in [3.05, 3.63) is 81.5 Å². The minimum Gasteiger partial charge on any atom is -0.365 e. The number of aryl methyl sites for hydroxylation is 1. The Morgan fingerprint density at radius 2 is 2.11 bits per heavy atom. The lowest BCUT2D eigenvalue weighted by Gasteiger charge is -2.14. The van der Waals surface area contributed by atoms with E-state index in [9.17, 15) is 9.59 Å². The summed E-state index contributed by atoms with van der Waals surface area (Å²) in [6.45, 7) is 2.11. The zero-order valence-electron chi connectivity index (χ0n) is 14.5. The number of nitrogens with one attached hydrogen (secondary N) is 1. The van der Waals surface area contributed by atoms with Crippen LogP contribution in [0, 0.1) is 12.3 Å². The Bertz CT molecular complexity index is 1320. The number of nitrogens with two attached hydrogens (primary N) is 1. The van der Waals surface area contributed by atoms with Crippen molar-refractivity contribution >= 4 is 22.6 Å². The van der Waals surface area contributed by atoms with Crippen LogP contribution in [0.5, 0.6) is 0 Å². The third-order valence-electron chi connectivity index (χ3n) is 4.38. The van der Waals surface area contributed by atoms with Crippen LogP contribution in [0.25, 0.3) is 16.7 Å². The maximum Gasteiger partial charge on any atom is 0.267 e. The van der Waals surface area contributed by atoms with Gasteiger partial charge in [0.05, 0.1) is 17.5 Å². The predicted octanol–water partition coefficient (Wildman–Crippen LogP) is 0.979. The van der Waals surface area contributed by atoms with E-state index in [-0.39, 0.29) is 28.5 Å².